The lowest BCUT2D eigenvalue weighted by Gasteiger charge is -2.29. The molecule has 2 amide bonds. The molecule has 5 nitrogen and oxygen atoms in total. The van der Waals surface area contributed by atoms with Crippen LogP contribution < -0.4 is 10.6 Å². The van der Waals surface area contributed by atoms with Gasteiger partial charge in [0.1, 0.15) is 6.04 Å². The standard InChI is InChI=1S/C19H28N2O3/c1-13(2)18(19(24)20-15-8-10-16(22)11-9-15)21-17(23)12-14-6-4-3-5-7-14/h3-7,13,15-16,18,22H,8-12H2,1-2H3,(H,20,24)(H,21,23)/t15?,16?,18-/m1/s1. The third-order valence-corrected chi connectivity index (χ3v) is 4.52. The van der Waals surface area contributed by atoms with Gasteiger partial charge in [0, 0.05) is 6.04 Å². The minimum Gasteiger partial charge on any atom is -0.393 e. The molecule has 2 rings (SSSR count). The maximum atomic E-state index is 12.5. The molecule has 1 aromatic carbocycles. The first kappa shape index (κ1) is 18.5. The van der Waals surface area contributed by atoms with Crippen LogP contribution >= 0.6 is 0 Å². The number of rotatable bonds is 6. The second-order valence-corrected chi connectivity index (χ2v) is 6.97. The summed E-state index contributed by atoms with van der Waals surface area (Å²) in [5, 5.41) is 15.4. The average molecular weight is 332 g/mol. The van der Waals surface area contributed by atoms with Crippen LogP contribution in [0.15, 0.2) is 30.3 Å². The number of hydrogen-bond donors (Lipinski definition) is 3. The molecular weight excluding hydrogens is 304 g/mol. The molecule has 0 saturated heterocycles. The lowest BCUT2D eigenvalue weighted by Crippen LogP contribution is -2.53. The Bertz CT molecular complexity index is 537. The first-order chi connectivity index (χ1) is 11.5. The van der Waals surface area contributed by atoms with Crippen LogP contribution in [0.4, 0.5) is 0 Å². The van der Waals surface area contributed by atoms with Crippen molar-refractivity contribution >= 4 is 11.8 Å². The summed E-state index contributed by atoms with van der Waals surface area (Å²) in [5.74, 6) is -0.263. The van der Waals surface area contributed by atoms with E-state index in [1.807, 2.05) is 44.2 Å². The number of benzene rings is 1. The monoisotopic (exact) mass is 332 g/mol. The molecule has 3 N–H and O–H groups in total. The zero-order valence-corrected chi connectivity index (χ0v) is 14.5. The van der Waals surface area contributed by atoms with Crippen molar-refractivity contribution in [3.63, 3.8) is 0 Å². The zero-order valence-electron chi connectivity index (χ0n) is 14.5. The Morgan fingerprint density at radius 2 is 1.75 bits per heavy atom. The highest BCUT2D eigenvalue weighted by Gasteiger charge is 2.27. The summed E-state index contributed by atoms with van der Waals surface area (Å²) >= 11 is 0. The van der Waals surface area contributed by atoms with E-state index in [4.69, 9.17) is 0 Å². The smallest absolute Gasteiger partial charge is 0.243 e. The Morgan fingerprint density at radius 3 is 2.33 bits per heavy atom. The summed E-state index contributed by atoms with van der Waals surface area (Å²) in [7, 11) is 0. The summed E-state index contributed by atoms with van der Waals surface area (Å²) in [6.07, 6.45) is 3.04. The molecule has 5 heteroatoms. The van der Waals surface area contributed by atoms with Crippen molar-refractivity contribution in [2.24, 2.45) is 5.92 Å². The van der Waals surface area contributed by atoms with Crippen LogP contribution in [0, 0.1) is 5.92 Å². The van der Waals surface area contributed by atoms with Gasteiger partial charge in [-0.1, -0.05) is 44.2 Å². The van der Waals surface area contributed by atoms with Crippen LogP contribution in [0.2, 0.25) is 0 Å². The van der Waals surface area contributed by atoms with Gasteiger partial charge in [-0.25, -0.2) is 0 Å². The second-order valence-electron chi connectivity index (χ2n) is 6.97. The molecule has 1 fully saturated rings. The molecule has 0 aromatic heterocycles. The highest BCUT2D eigenvalue weighted by Crippen LogP contribution is 2.18. The van der Waals surface area contributed by atoms with Gasteiger partial charge in [0.25, 0.3) is 0 Å². The second kappa shape index (κ2) is 8.83. The molecule has 0 heterocycles. The lowest BCUT2D eigenvalue weighted by atomic mass is 9.92. The van der Waals surface area contributed by atoms with E-state index >= 15 is 0 Å². The van der Waals surface area contributed by atoms with Crippen LogP contribution in [0.25, 0.3) is 0 Å². The van der Waals surface area contributed by atoms with E-state index in [2.05, 4.69) is 10.6 Å². The molecule has 1 aromatic rings. The van der Waals surface area contributed by atoms with Crippen molar-refractivity contribution in [1.82, 2.24) is 10.6 Å². The lowest BCUT2D eigenvalue weighted by molar-refractivity contribution is -0.130. The van der Waals surface area contributed by atoms with Gasteiger partial charge in [-0.05, 0) is 37.2 Å². The molecule has 24 heavy (non-hydrogen) atoms. The van der Waals surface area contributed by atoms with Gasteiger partial charge in [0.05, 0.1) is 12.5 Å². The van der Waals surface area contributed by atoms with Gasteiger partial charge >= 0.3 is 0 Å². The van der Waals surface area contributed by atoms with Gasteiger partial charge < -0.3 is 15.7 Å². The molecule has 0 radical (unpaired) electrons. The summed E-state index contributed by atoms with van der Waals surface area (Å²) in [5.41, 5.74) is 0.930. The number of nitrogens with one attached hydrogen (secondary N) is 2. The van der Waals surface area contributed by atoms with Crippen LogP contribution in [0.1, 0.15) is 45.1 Å². The molecule has 0 unspecified atom stereocenters. The van der Waals surface area contributed by atoms with Crippen LogP contribution in [-0.4, -0.2) is 35.1 Å². The summed E-state index contributed by atoms with van der Waals surface area (Å²) in [6, 6.07) is 9.06. The van der Waals surface area contributed by atoms with E-state index in [0.29, 0.717) is 0 Å². The minimum absolute atomic E-state index is 0.0129. The number of carbonyl (C=O) groups excluding carboxylic acids is 2. The van der Waals surface area contributed by atoms with E-state index in [1.54, 1.807) is 0 Å². The van der Waals surface area contributed by atoms with E-state index in [0.717, 1.165) is 31.2 Å². The first-order valence-electron chi connectivity index (χ1n) is 8.77. The Morgan fingerprint density at radius 1 is 1.12 bits per heavy atom. The Hall–Kier alpha value is -1.88. The third kappa shape index (κ3) is 5.64. The largest absolute Gasteiger partial charge is 0.393 e. The van der Waals surface area contributed by atoms with Gasteiger partial charge in [0.15, 0.2) is 0 Å². The minimum atomic E-state index is -0.534. The van der Waals surface area contributed by atoms with Gasteiger partial charge in [-0.3, -0.25) is 9.59 Å². The van der Waals surface area contributed by atoms with Crippen LogP contribution in [0.3, 0.4) is 0 Å². The SMILES string of the molecule is CC(C)[C@@H](NC(=O)Cc1ccccc1)C(=O)NC1CCC(O)CC1. The molecule has 1 atom stereocenters. The van der Waals surface area contributed by atoms with Crippen molar-refractivity contribution < 1.29 is 14.7 Å². The molecular formula is C19H28N2O3. The number of carbonyl (C=O) groups is 2. The zero-order chi connectivity index (χ0) is 17.5. The summed E-state index contributed by atoms with van der Waals surface area (Å²) in [4.78, 5) is 24.8. The molecule has 0 bridgehead atoms. The quantitative estimate of drug-likeness (QED) is 0.743. The maximum Gasteiger partial charge on any atom is 0.243 e. The Kier molecular flexibility index (Phi) is 6.79. The third-order valence-electron chi connectivity index (χ3n) is 4.52. The fraction of sp³-hybridized carbons (Fsp3) is 0.579. The van der Waals surface area contributed by atoms with Crippen LogP contribution in [-0.2, 0) is 16.0 Å². The van der Waals surface area contributed by atoms with Gasteiger partial charge in [0.2, 0.25) is 11.8 Å². The van der Waals surface area contributed by atoms with Gasteiger partial charge in [-0.2, -0.15) is 0 Å². The number of aliphatic hydroxyl groups is 1. The van der Waals surface area contributed by atoms with Crippen molar-refractivity contribution in [3.05, 3.63) is 35.9 Å². The number of amides is 2. The van der Waals surface area contributed by atoms with Crippen molar-refractivity contribution in [2.75, 3.05) is 0 Å². The van der Waals surface area contributed by atoms with Crippen LogP contribution in [0.5, 0.6) is 0 Å². The molecule has 0 aliphatic heterocycles. The summed E-state index contributed by atoms with van der Waals surface area (Å²) in [6.45, 7) is 3.86. The Labute approximate surface area is 143 Å². The molecule has 1 saturated carbocycles. The number of aliphatic hydroxyl groups excluding tert-OH is 1. The normalized spacial score (nSPS) is 22.0. The Balaban J connectivity index is 1.88. The average Bonchev–Trinajstić information content (AvgIpc) is 2.55. The summed E-state index contributed by atoms with van der Waals surface area (Å²) < 4.78 is 0. The highest BCUT2D eigenvalue weighted by atomic mass is 16.3. The van der Waals surface area contributed by atoms with E-state index in [-0.39, 0.29) is 36.3 Å². The molecule has 132 valence electrons. The van der Waals surface area contributed by atoms with Crippen molar-refractivity contribution in [2.45, 2.75) is 64.1 Å². The van der Waals surface area contributed by atoms with E-state index < -0.39 is 6.04 Å². The number of hydrogen-bond acceptors (Lipinski definition) is 3. The maximum absolute atomic E-state index is 12.5. The predicted molar refractivity (Wildman–Crippen MR) is 93.3 cm³/mol. The molecule has 1 aliphatic rings. The molecule has 1 aliphatic carbocycles. The topological polar surface area (TPSA) is 78.4 Å². The van der Waals surface area contributed by atoms with E-state index in [1.165, 1.54) is 0 Å². The molecule has 0 spiro atoms. The van der Waals surface area contributed by atoms with Gasteiger partial charge in [-0.15, -0.1) is 0 Å². The highest BCUT2D eigenvalue weighted by molar-refractivity contribution is 5.88. The predicted octanol–water partition coefficient (Wildman–Crippen LogP) is 1.79. The first-order valence-corrected chi connectivity index (χ1v) is 8.77. The fourth-order valence-corrected chi connectivity index (χ4v) is 3.05. The van der Waals surface area contributed by atoms with Crippen molar-refractivity contribution in [1.29, 1.82) is 0 Å². The van der Waals surface area contributed by atoms with E-state index in [9.17, 15) is 14.7 Å². The van der Waals surface area contributed by atoms with Crippen molar-refractivity contribution in [3.8, 4) is 0 Å². The fourth-order valence-electron chi connectivity index (χ4n) is 3.05.